The van der Waals surface area contributed by atoms with Crippen molar-refractivity contribution in [1.29, 1.82) is 0 Å². The molecule has 2 aromatic heterocycles. The monoisotopic (exact) mass is 420 g/mol. The first-order valence-electron chi connectivity index (χ1n) is 9.98. The normalized spacial score (nSPS) is 12.2. The van der Waals surface area contributed by atoms with Gasteiger partial charge in [0.2, 0.25) is 0 Å². The molecular formula is C24H24N2O3S. The summed E-state index contributed by atoms with van der Waals surface area (Å²) in [5.74, 6) is 0.701. The van der Waals surface area contributed by atoms with Gasteiger partial charge in [0, 0.05) is 10.9 Å². The van der Waals surface area contributed by atoms with Crippen LogP contribution in [0.15, 0.2) is 65.0 Å². The Hall–Kier alpha value is -2.96. The van der Waals surface area contributed by atoms with Crippen LogP contribution in [-0.2, 0) is 13.0 Å². The fraction of sp³-hybridized carbons (Fsp3) is 0.250. The predicted molar refractivity (Wildman–Crippen MR) is 121 cm³/mol. The van der Waals surface area contributed by atoms with Gasteiger partial charge in [-0.25, -0.2) is 4.98 Å². The van der Waals surface area contributed by atoms with E-state index in [1.54, 1.807) is 0 Å². The molecule has 0 amide bonds. The number of hydrogen-bond donors (Lipinski definition) is 1. The lowest BCUT2D eigenvalue weighted by Gasteiger charge is -2.14. The molecule has 30 heavy (non-hydrogen) atoms. The molecule has 0 aliphatic carbocycles. The fourth-order valence-corrected chi connectivity index (χ4v) is 4.24. The van der Waals surface area contributed by atoms with Gasteiger partial charge in [-0.3, -0.25) is 9.36 Å². The third-order valence-corrected chi connectivity index (χ3v) is 5.99. The van der Waals surface area contributed by atoms with Crippen LogP contribution in [0.1, 0.15) is 18.1 Å². The zero-order valence-corrected chi connectivity index (χ0v) is 17.9. The Labute approximate surface area is 179 Å². The molecular weight excluding hydrogens is 396 g/mol. The lowest BCUT2D eigenvalue weighted by atomic mass is 10.1. The van der Waals surface area contributed by atoms with Crippen molar-refractivity contribution in [3.8, 4) is 16.9 Å². The molecule has 0 radical (unpaired) electrons. The van der Waals surface area contributed by atoms with Crippen LogP contribution in [0.5, 0.6) is 5.75 Å². The molecule has 0 fully saturated rings. The number of thiophene rings is 1. The van der Waals surface area contributed by atoms with E-state index in [2.05, 4.69) is 11.9 Å². The fourth-order valence-electron chi connectivity index (χ4n) is 3.34. The summed E-state index contributed by atoms with van der Waals surface area (Å²) in [6.45, 7) is 4.36. The lowest BCUT2D eigenvalue weighted by molar-refractivity contribution is 0.0915. The van der Waals surface area contributed by atoms with Crippen LogP contribution in [0.4, 0.5) is 0 Å². The molecule has 0 bridgehead atoms. The molecule has 2 heterocycles. The van der Waals surface area contributed by atoms with Gasteiger partial charge in [-0.05, 0) is 36.6 Å². The molecule has 0 aliphatic rings. The number of rotatable bonds is 7. The highest BCUT2D eigenvalue weighted by Crippen LogP contribution is 2.30. The Morgan fingerprint density at radius 3 is 2.57 bits per heavy atom. The molecule has 0 saturated carbocycles. The van der Waals surface area contributed by atoms with Gasteiger partial charge < -0.3 is 9.84 Å². The van der Waals surface area contributed by atoms with E-state index in [9.17, 15) is 9.90 Å². The van der Waals surface area contributed by atoms with E-state index in [4.69, 9.17) is 4.74 Å². The second kappa shape index (κ2) is 8.81. The SMILES string of the molecule is CCc1ccc(OCC(O)Cn2cnc3scc(-c4ccc(C)cc4)c3c2=O)cc1. The van der Waals surface area contributed by atoms with Gasteiger partial charge in [-0.1, -0.05) is 48.9 Å². The molecule has 0 saturated heterocycles. The Kier molecular flexibility index (Phi) is 5.97. The van der Waals surface area contributed by atoms with Crippen LogP contribution >= 0.6 is 11.3 Å². The minimum Gasteiger partial charge on any atom is -0.491 e. The maximum Gasteiger partial charge on any atom is 0.262 e. The largest absolute Gasteiger partial charge is 0.491 e. The van der Waals surface area contributed by atoms with Crippen LogP contribution in [0, 0.1) is 6.92 Å². The molecule has 2 aromatic carbocycles. The molecule has 1 N–H and O–H groups in total. The van der Waals surface area contributed by atoms with Crippen molar-refractivity contribution in [2.75, 3.05) is 6.61 Å². The zero-order chi connectivity index (χ0) is 21.1. The maximum atomic E-state index is 13.1. The predicted octanol–water partition coefficient (Wildman–Crippen LogP) is 4.44. The number of hydrogen-bond acceptors (Lipinski definition) is 5. The van der Waals surface area contributed by atoms with Gasteiger partial charge in [-0.2, -0.15) is 0 Å². The highest BCUT2D eigenvalue weighted by Gasteiger charge is 2.15. The summed E-state index contributed by atoms with van der Waals surface area (Å²) >= 11 is 1.45. The number of aryl methyl sites for hydroxylation is 2. The van der Waals surface area contributed by atoms with E-state index in [1.807, 2.05) is 60.8 Å². The number of aliphatic hydroxyl groups is 1. The van der Waals surface area contributed by atoms with Crippen molar-refractivity contribution < 1.29 is 9.84 Å². The summed E-state index contributed by atoms with van der Waals surface area (Å²) < 4.78 is 7.13. The van der Waals surface area contributed by atoms with E-state index in [0.717, 1.165) is 17.5 Å². The van der Waals surface area contributed by atoms with Crippen molar-refractivity contribution in [3.63, 3.8) is 0 Å². The lowest BCUT2D eigenvalue weighted by Crippen LogP contribution is -2.30. The molecule has 0 aliphatic heterocycles. The van der Waals surface area contributed by atoms with Gasteiger partial charge in [0.1, 0.15) is 23.3 Å². The average Bonchev–Trinajstić information content (AvgIpc) is 3.20. The van der Waals surface area contributed by atoms with Crippen molar-refractivity contribution in [3.05, 3.63) is 81.7 Å². The minimum atomic E-state index is -0.825. The standard InChI is InChI=1S/C24H24N2O3S/c1-3-17-6-10-20(11-7-17)29-13-19(27)12-26-15-25-23-22(24(26)28)21(14-30-23)18-8-4-16(2)5-9-18/h4-11,14-15,19,27H,3,12-13H2,1-2H3. The van der Waals surface area contributed by atoms with E-state index in [1.165, 1.54) is 33.4 Å². The van der Waals surface area contributed by atoms with Crippen LogP contribution in [0.2, 0.25) is 0 Å². The van der Waals surface area contributed by atoms with Gasteiger partial charge in [0.05, 0.1) is 18.3 Å². The smallest absolute Gasteiger partial charge is 0.262 e. The van der Waals surface area contributed by atoms with Crippen molar-refractivity contribution >= 4 is 21.6 Å². The average molecular weight is 421 g/mol. The van der Waals surface area contributed by atoms with Gasteiger partial charge in [0.25, 0.3) is 5.56 Å². The van der Waals surface area contributed by atoms with Crippen molar-refractivity contribution in [1.82, 2.24) is 9.55 Å². The number of ether oxygens (including phenoxy) is 1. The maximum absolute atomic E-state index is 13.1. The van der Waals surface area contributed by atoms with Crippen molar-refractivity contribution in [2.24, 2.45) is 0 Å². The number of aliphatic hydroxyl groups excluding tert-OH is 1. The molecule has 1 atom stereocenters. The second-order valence-corrected chi connectivity index (χ2v) is 8.22. The van der Waals surface area contributed by atoms with E-state index in [-0.39, 0.29) is 18.7 Å². The van der Waals surface area contributed by atoms with Gasteiger partial charge in [-0.15, -0.1) is 11.3 Å². The topological polar surface area (TPSA) is 64.3 Å². The number of nitrogens with zero attached hydrogens (tertiary/aromatic N) is 2. The number of fused-ring (bicyclic) bond motifs is 1. The first-order valence-corrected chi connectivity index (χ1v) is 10.9. The second-order valence-electron chi connectivity index (χ2n) is 7.36. The van der Waals surface area contributed by atoms with Gasteiger partial charge >= 0.3 is 0 Å². The first kappa shape index (κ1) is 20.3. The zero-order valence-electron chi connectivity index (χ0n) is 17.0. The summed E-state index contributed by atoms with van der Waals surface area (Å²) in [6, 6.07) is 15.9. The Morgan fingerprint density at radius 1 is 1.13 bits per heavy atom. The molecule has 154 valence electrons. The molecule has 6 heteroatoms. The number of aromatic nitrogens is 2. The van der Waals surface area contributed by atoms with Crippen LogP contribution < -0.4 is 10.3 Å². The van der Waals surface area contributed by atoms with E-state index in [0.29, 0.717) is 16.0 Å². The quantitative estimate of drug-likeness (QED) is 0.480. The Morgan fingerprint density at radius 2 is 1.87 bits per heavy atom. The van der Waals surface area contributed by atoms with Gasteiger partial charge in [0.15, 0.2) is 0 Å². The summed E-state index contributed by atoms with van der Waals surface area (Å²) in [7, 11) is 0. The highest BCUT2D eigenvalue weighted by atomic mass is 32.1. The first-order chi connectivity index (χ1) is 14.5. The molecule has 4 rings (SSSR count). The molecule has 1 unspecified atom stereocenters. The highest BCUT2D eigenvalue weighted by molar-refractivity contribution is 7.17. The Bertz CT molecular complexity index is 1190. The third kappa shape index (κ3) is 4.30. The Balaban J connectivity index is 1.52. The summed E-state index contributed by atoms with van der Waals surface area (Å²) in [4.78, 5) is 18.2. The third-order valence-electron chi connectivity index (χ3n) is 5.10. The van der Waals surface area contributed by atoms with Crippen molar-refractivity contribution in [2.45, 2.75) is 32.9 Å². The van der Waals surface area contributed by atoms with E-state index >= 15 is 0 Å². The number of benzene rings is 2. The van der Waals surface area contributed by atoms with E-state index < -0.39 is 6.10 Å². The summed E-state index contributed by atoms with van der Waals surface area (Å²) in [5, 5.41) is 13.0. The summed E-state index contributed by atoms with van der Waals surface area (Å²) in [6.07, 6.45) is 1.64. The minimum absolute atomic E-state index is 0.102. The van der Waals surface area contributed by atoms with Crippen LogP contribution in [0.25, 0.3) is 21.3 Å². The molecule has 0 spiro atoms. The van der Waals surface area contributed by atoms with Crippen LogP contribution in [-0.4, -0.2) is 27.4 Å². The molecule has 5 nitrogen and oxygen atoms in total. The molecule has 4 aromatic rings. The summed E-state index contributed by atoms with van der Waals surface area (Å²) in [5.41, 5.74) is 4.12. The van der Waals surface area contributed by atoms with Crippen LogP contribution in [0.3, 0.4) is 0 Å².